The van der Waals surface area contributed by atoms with E-state index in [2.05, 4.69) is 11.5 Å². The topological polar surface area (TPSA) is 76.2 Å². The Hall–Kier alpha value is -2.87. The van der Waals surface area contributed by atoms with Crippen molar-refractivity contribution in [3.05, 3.63) is 76.3 Å². The first-order valence-electron chi connectivity index (χ1n) is 13.5. The summed E-state index contributed by atoms with van der Waals surface area (Å²) in [7, 11) is 1.83. The summed E-state index contributed by atoms with van der Waals surface area (Å²) in [6, 6.07) is 12.6. The molecule has 0 spiro atoms. The van der Waals surface area contributed by atoms with Gasteiger partial charge in [0.25, 0.3) is 0 Å². The smallest absolute Gasteiger partial charge is 0.308 e. The summed E-state index contributed by atoms with van der Waals surface area (Å²) in [5, 5.41) is 0.859. The first-order valence-corrected chi connectivity index (χ1v) is 14.3. The molecule has 1 amide bonds. The molecule has 0 radical (unpaired) electrons. The van der Waals surface area contributed by atoms with Crippen molar-refractivity contribution in [2.75, 3.05) is 26.7 Å². The maximum absolute atomic E-state index is 13.5. The van der Waals surface area contributed by atoms with Crippen molar-refractivity contribution in [2.45, 2.75) is 63.0 Å². The van der Waals surface area contributed by atoms with E-state index in [0.29, 0.717) is 54.6 Å². The highest BCUT2D eigenvalue weighted by molar-refractivity contribution is 6.42. The molecule has 2 fully saturated rings. The van der Waals surface area contributed by atoms with Gasteiger partial charge in [-0.05, 0) is 67.6 Å². The number of carbonyl (C=O) groups excluding carboxylic acids is 3. The molecule has 1 aliphatic carbocycles. The van der Waals surface area contributed by atoms with Gasteiger partial charge in [-0.3, -0.25) is 19.3 Å². The van der Waals surface area contributed by atoms with Crippen LogP contribution in [0.25, 0.3) is 0 Å². The molecule has 0 aromatic heterocycles. The van der Waals surface area contributed by atoms with Crippen LogP contribution in [0.15, 0.2) is 55.1 Å². The fourth-order valence-electron chi connectivity index (χ4n) is 6.50. The van der Waals surface area contributed by atoms with Crippen molar-refractivity contribution in [1.29, 1.82) is 0 Å². The number of fused-ring (bicyclic) bond motifs is 1. The number of nitrogens with zero attached hydrogens (tertiary/aromatic N) is 2. The average Bonchev–Trinajstić information content (AvgIpc) is 2.89. The van der Waals surface area contributed by atoms with Gasteiger partial charge in [0.15, 0.2) is 0 Å². The molecule has 1 heterocycles. The molecule has 0 unspecified atom stereocenters. The number of piperidine rings is 1. The molecular formula is C31H36Cl2N2O5. The minimum atomic E-state index is -0.820. The zero-order chi connectivity index (χ0) is 29.1. The van der Waals surface area contributed by atoms with E-state index in [1.54, 1.807) is 18.2 Å². The lowest BCUT2D eigenvalue weighted by Gasteiger charge is -2.60. The van der Waals surface area contributed by atoms with E-state index >= 15 is 0 Å². The Morgan fingerprint density at radius 1 is 1.10 bits per heavy atom. The number of hydrogen-bond acceptors (Lipinski definition) is 6. The maximum Gasteiger partial charge on any atom is 0.308 e. The van der Waals surface area contributed by atoms with Crippen molar-refractivity contribution in [2.24, 2.45) is 0 Å². The summed E-state index contributed by atoms with van der Waals surface area (Å²) in [5.41, 5.74) is 0.297. The molecular weight excluding hydrogens is 551 g/mol. The highest BCUT2D eigenvalue weighted by atomic mass is 35.5. The highest BCUT2D eigenvalue weighted by Gasteiger charge is 2.61. The molecule has 7 nitrogen and oxygen atoms in total. The van der Waals surface area contributed by atoms with Crippen LogP contribution in [-0.4, -0.2) is 66.0 Å². The van der Waals surface area contributed by atoms with Gasteiger partial charge in [0.2, 0.25) is 5.91 Å². The van der Waals surface area contributed by atoms with Gasteiger partial charge in [0.05, 0.1) is 16.5 Å². The molecule has 2 aliphatic rings. The van der Waals surface area contributed by atoms with Crippen LogP contribution >= 0.6 is 23.2 Å². The molecule has 2 aromatic rings. The highest BCUT2D eigenvalue weighted by Crippen LogP contribution is 2.54. The summed E-state index contributed by atoms with van der Waals surface area (Å²) < 4.78 is 11.7. The van der Waals surface area contributed by atoms with Gasteiger partial charge in [-0.25, -0.2) is 0 Å². The first kappa shape index (κ1) is 30.1. The Labute approximate surface area is 246 Å². The third-order valence-corrected chi connectivity index (χ3v) is 9.07. The molecule has 3 atom stereocenters. The standard InChI is InChI=1S/C31H36Cl2N2O5/c1-5-14-35-15-13-30(24-7-6-8-26(18-24)39-21(2)36)19-25(11-12-31(30,20-35)40-22(3)37)34(4)29(38)17-23-9-10-27(32)28(33)16-23/h5-10,16,18,25H,1,11-15,17,19-20H2,2-4H3/t25-,30+,31+/m1/s1. The summed E-state index contributed by atoms with van der Waals surface area (Å²) in [6.07, 6.45) is 4.59. The Morgan fingerprint density at radius 2 is 1.88 bits per heavy atom. The van der Waals surface area contributed by atoms with E-state index in [-0.39, 0.29) is 24.3 Å². The number of carbonyl (C=O) groups is 3. The molecule has 0 bridgehead atoms. The summed E-state index contributed by atoms with van der Waals surface area (Å²) >= 11 is 12.2. The monoisotopic (exact) mass is 586 g/mol. The van der Waals surface area contributed by atoms with Gasteiger partial charge in [-0.15, -0.1) is 6.58 Å². The van der Waals surface area contributed by atoms with E-state index < -0.39 is 17.0 Å². The first-order chi connectivity index (χ1) is 19.0. The quantitative estimate of drug-likeness (QED) is 0.227. The molecule has 2 aromatic carbocycles. The largest absolute Gasteiger partial charge is 0.457 e. The van der Waals surface area contributed by atoms with Crippen LogP contribution in [0, 0.1) is 0 Å². The minimum absolute atomic E-state index is 0.0312. The van der Waals surface area contributed by atoms with Gasteiger partial charge >= 0.3 is 11.9 Å². The van der Waals surface area contributed by atoms with Crippen LogP contribution in [0.4, 0.5) is 0 Å². The lowest BCUT2D eigenvalue weighted by molar-refractivity contribution is -0.189. The van der Waals surface area contributed by atoms with Gasteiger partial charge in [0, 0.05) is 45.4 Å². The van der Waals surface area contributed by atoms with E-state index in [1.165, 1.54) is 13.8 Å². The number of likely N-dealkylation sites (tertiary alicyclic amines) is 1. The number of halogens is 2. The predicted octanol–water partition coefficient (Wildman–Crippen LogP) is 5.60. The van der Waals surface area contributed by atoms with Crippen LogP contribution in [0.1, 0.15) is 50.7 Å². The third kappa shape index (κ3) is 6.22. The Bertz CT molecular complexity index is 1300. The molecule has 1 saturated heterocycles. The van der Waals surface area contributed by atoms with Crippen LogP contribution in [0.3, 0.4) is 0 Å². The normalized spacial score (nSPS) is 24.5. The van der Waals surface area contributed by atoms with E-state index in [0.717, 1.165) is 17.7 Å². The predicted molar refractivity (Wildman–Crippen MR) is 156 cm³/mol. The molecule has 40 heavy (non-hydrogen) atoms. The zero-order valence-electron chi connectivity index (χ0n) is 23.3. The Morgan fingerprint density at radius 3 is 2.55 bits per heavy atom. The number of hydrogen-bond donors (Lipinski definition) is 0. The van der Waals surface area contributed by atoms with Crippen LogP contribution in [-0.2, 0) is 31.0 Å². The summed E-state index contributed by atoms with van der Waals surface area (Å²) in [6.45, 7) is 8.70. The molecule has 9 heteroatoms. The van der Waals surface area contributed by atoms with Crippen molar-refractivity contribution in [3.8, 4) is 5.75 Å². The third-order valence-electron chi connectivity index (χ3n) is 8.33. The minimum Gasteiger partial charge on any atom is -0.457 e. The van der Waals surface area contributed by atoms with Gasteiger partial charge in [-0.1, -0.05) is 47.5 Å². The number of rotatable bonds is 8. The number of benzene rings is 2. The lowest BCUT2D eigenvalue weighted by Crippen LogP contribution is -2.68. The number of likely N-dealkylation sites (N-methyl/N-ethyl adjacent to an activating group) is 1. The van der Waals surface area contributed by atoms with E-state index in [4.69, 9.17) is 32.7 Å². The summed E-state index contributed by atoms with van der Waals surface area (Å²) in [5.74, 6) is -0.341. The van der Waals surface area contributed by atoms with Crippen molar-refractivity contribution >= 4 is 41.0 Å². The number of esters is 2. The molecule has 214 valence electrons. The van der Waals surface area contributed by atoms with Crippen molar-refractivity contribution in [3.63, 3.8) is 0 Å². The fraction of sp³-hybridized carbons (Fsp3) is 0.452. The SMILES string of the molecule is C=CCN1CC[C@@]2(c3cccc(OC(C)=O)c3)C[C@H](N(C)C(=O)Cc3ccc(Cl)c(Cl)c3)CC[C@]2(OC(C)=O)C1. The van der Waals surface area contributed by atoms with Gasteiger partial charge in [0.1, 0.15) is 11.4 Å². The van der Waals surface area contributed by atoms with Crippen LogP contribution < -0.4 is 4.74 Å². The number of amides is 1. The maximum atomic E-state index is 13.5. The molecule has 1 saturated carbocycles. The second kappa shape index (κ2) is 12.3. The Kier molecular flexibility index (Phi) is 9.28. The second-order valence-corrected chi connectivity index (χ2v) is 11.7. The van der Waals surface area contributed by atoms with Gasteiger partial charge in [-0.2, -0.15) is 0 Å². The average molecular weight is 588 g/mol. The van der Waals surface area contributed by atoms with E-state index in [9.17, 15) is 14.4 Å². The zero-order valence-corrected chi connectivity index (χ0v) is 24.8. The van der Waals surface area contributed by atoms with Crippen LogP contribution in [0.5, 0.6) is 5.75 Å². The number of ether oxygens (including phenoxy) is 2. The molecule has 0 N–H and O–H groups in total. The van der Waals surface area contributed by atoms with Crippen molar-refractivity contribution in [1.82, 2.24) is 9.80 Å². The molecule has 1 aliphatic heterocycles. The fourth-order valence-corrected chi connectivity index (χ4v) is 6.83. The van der Waals surface area contributed by atoms with Crippen molar-refractivity contribution < 1.29 is 23.9 Å². The second-order valence-electron chi connectivity index (χ2n) is 10.9. The molecule has 4 rings (SSSR count). The lowest BCUT2D eigenvalue weighted by atomic mass is 9.55. The van der Waals surface area contributed by atoms with Crippen LogP contribution in [0.2, 0.25) is 10.0 Å². The van der Waals surface area contributed by atoms with Gasteiger partial charge < -0.3 is 14.4 Å². The summed E-state index contributed by atoms with van der Waals surface area (Å²) in [4.78, 5) is 41.9. The Balaban J connectivity index is 1.71. The van der Waals surface area contributed by atoms with E-state index in [1.807, 2.05) is 42.3 Å².